The zero-order chi connectivity index (χ0) is 14.5. The van der Waals surface area contributed by atoms with Crippen LogP contribution in [0, 0.1) is 11.8 Å². The van der Waals surface area contributed by atoms with Crippen molar-refractivity contribution in [2.45, 2.75) is 13.3 Å². The number of H-pyrrole nitrogens is 1. The standard InChI is InChI=1S/C14H11NO4S/c1-9(16)20-8-3-2-5-10-6-4-7-11-12(10)13(17)19-14(18)15-11/h4,6-7H,3,8H2,1H3,(H,15,18). The molecule has 5 nitrogen and oxygen atoms in total. The molecule has 0 unspecified atom stereocenters. The molecule has 0 radical (unpaired) electrons. The van der Waals surface area contributed by atoms with Crippen LogP contribution in [0.2, 0.25) is 0 Å². The molecule has 0 saturated carbocycles. The van der Waals surface area contributed by atoms with Crippen LogP contribution in [0.3, 0.4) is 0 Å². The molecule has 102 valence electrons. The van der Waals surface area contributed by atoms with Gasteiger partial charge in [0.15, 0.2) is 5.12 Å². The molecule has 1 aromatic carbocycles. The lowest BCUT2D eigenvalue weighted by molar-refractivity contribution is -0.109. The number of hydrogen-bond acceptors (Lipinski definition) is 5. The van der Waals surface area contributed by atoms with Gasteiger partial charge in [0.2, 0.25) is 0 Å². The number of rotatable bonds is 2. The molecule has 0 amide bonds. The molecule has 0 bridgehead atoms. The van der Waals surface area contributed by atoms with Crippen molar-refractivity contribution in [2.24, 2.45) is 0 Å². The summed E-state index contributed by atoms with van der Waals surface area (Å²) in [5.41, 5.74) is 0.197. The molecule has 6 heteroatoms. The Morgan fingerprint density at radius 1 is 1.40 bits per heavy atom. The molecular weight excluding hydrogens is 278 g/mol. The molecule has 0 atom stereocenters. The van der Waals surface area contributed by atoms with Crippen LogP contribution in [0.5, 0.6) is 0 Å². The molecular formula is C14H11NO4S. The number of carbonyl (C=O) groups is 1. The number of aromatic amines is 1. The van der Waals surface area contributed by atoms with Crippen LogP contribution in [0.4, 0.5) is 0 Å². The summed E-state index contributed by atoms with van der Waals surface area (Å²) in [6.45, 7) is 1.50. The zero-order valence-electron chi connectivity index (χ0n) is 10.7. The van der Waals surface area contributed by atoms with Gasteiger partial charge in [-0.3, -0.25) is 9.78 Å². The number of hydrogen-bond donors (Lipinski definition) is 1. The smallest absolute Gasteiger partial charge is 0.372 e. The van der Waals surface area contributed by atoms with Crippen molar-refractivity contribution in [1.29, 1.82) is 0 Å². The highest BCUT2D eigenvalue weighted by Crippen LogP contribution is 2.10. The second-order valence-electron chi connectivity index (χ2n) is 3.92. The van der Waals surface area contributed by atoms with E-state index in [0.29, 0.717) is 23.3 Å². The molecule has 1 aromatic heterocycles. The van der Waals surface area contributed by atoms with Gasteiger partial charge in [0, 0.05) is 24.7 Å². The van der Waals surface area contributed by atoms with Crippen molar-refractivity contribution < 1.29 is 9.21 Å². The second kappa shape index (κ2) is 6.26. The van der Waals surface area contributed by atoms with E-state index in [9.17, 15) is 14.4 Å². The lowest BCUT2D eigenvalue weighted by Crippen LogP contribution is -2.15. The maximum atomic E-state index is 11.7. The van der Waals surface area contributed by atoms with Crippen molar-refractivity contribution in [3.05, 3.63) is 44.7 Å². The second-order valence-corrected chi connectivity index (χ2v) is 5.19. The van der Waals surface area contributed by atoms with Crippen molar-refractivity contribution in [2.75, 3.05) is 5.75 Å². The number of aromatic nitrogens is 1. The summed E-state index contributed by atoms with van der Waals surface area (Å²) in [4.78, 5) is 36.0. The van der Waals surface area contributed by atoms with Crippen molar-refractivity contribution >= 4 is 27.8 Å². The van der Waals surface area contributed by atoms with Gasteiger partial charge in [-0.25, -0.2) is 9.59 Å². The van der Waals surface area contributed by atoms with Gasteiger partial charge in [-0.15, -0.1) is 0 Å². The molecule has 0 aliphatic heterocycles. The van der Waals surface area contributed by atoms with Gasteiger partial charge in [0.05, 0.1) is 10.9 Å². The van der Waals surface area contributed by atoms with Crippen LogP contribution in [-0.2, 0) is 4.79 Å². The Labute approximate surface area is 118 Å². The summed E-state index contributed by atoms with van der Waals surface area (Å²) in [7, 11) is 0. The first-order valence-corrected chi connectivity index (χ1v) is 6.85. The third-order valence-corrected chi connectivity index (χ3v) is 3.26. The van der Waals surface area contributed by atoms with Gasteiger partial charge in [-0.2, -0.15) is 0 Å². The van der Waals surface area contributed by atoms with E-state index in [4.69, 9.17) is 0 Å². The molecule has 0 aliphatic carbocycles. The average molecular weight is 289 g/mol. The van der Waals surface area contributed by atoms with E-state index in [-0.39, 0.29) is 10.5 Å². The van der Waals surface area contributed by atoms with E-state index in [1.807, 2.05) is 0 Å². The molecule has 20 heavy (non-hydrogen) atoms. The minimum absolute atomic E-state index is 0.0511. The third-order valence-electron chi connectivity index (χ3n) is 2.45. The average Bonchev–Trinajstić information content (AvgIpc) is 2.37. The summed E-state index contributed by atoms with van der Waals surface area (Å²) in [5.74, 6) is 5.58. The van der Waals surface area contributed by atoms with E-state index in [0.717, 1.165) is 0 Å². The Balaban J connectivity index is 2.32. The zero-order valence-corrected chi connectivity index (χ0v) is 11.5. The highest BCUT2D eigenvalue weighted by molar-refractivity contribution is 8.13. The number of thioether (sulfide) groups is 1. The first-order valence-electron chi connectivity index (χ1n) is 5.86. The summed E-state index contributed by atoms with van der Waals surface area (Å²) < 4.78 is 4.51. The maximum Gasteiger partial charge on any atom is 0.419 e. The minimum atomic E-state index is -0.787. The summed E-state index contributed by atoms with van der Waals surface area (Å²) >= 11 is 1.21. The fraction of sp³-hybridized carbons (Fsp3) is 0.214. The quantitative estimate of drug-likeness (QED) is 0.669. The molecule has 0 fully saturated rings. The van der Waals surface area contributed by atoms with E-state index >= 15 is 0 Å². The van der Waals surface area contributed by atoms with Gasteiger partial charge in [-0.1, -0.05) is 29.7 Å². The van der Waals surface area contributed by atoms with Gasteiger partial charge < -0.3 is 4.42 Å². The van der Waals surface area contributed by atoms with Crippen LogP contribution < -0.4 is 11.4 Å². The Morgan fingerprint density at radius 3 is 2.95 bits per heavy atom. The summed E-state index contributed by atoms with van der Waals surface area (Å²) in [6, 6.07) is 5.00. The van der Waals surface area contributed by atoms with Gasteiger partial charge in [0.25, 0.3) is 0 Å². The van der Waals surface area contributed by atoms with E-state index < -0.39 is 11.4 Å². The van der Waals surface area contributed by atoms with Crippen molar-refractivity contribution in [3.63, 3.8) is 0 Å². The largest absolute Gasteiger partial charge is 0.419 e. The molecule has 1 heterocycles. The normalized spacial score (nSPS) is 10.1. The highest BCUT2D eigenvalue weighted by Gasteiger charge is 2.06. The van der Waals surface area contributed by atoms with Crippen LogP contribution >= 0.6 is 11.8 Å². The molecule has 2 rings (SSSR count). The van der Waals surface area contributed by atoms with E-state index in [2.05, 4.69) is 21.2 Å². The van der Waals surface area contributed by atoms with Crippen LogP contribution in [-0.4, -0.2) is 15.9 Å². The van der Waals surface area contributed by atoms with Gasteiger partial charge in [-0.05, 0) is 12.1 Å². The number of fused-ring (bicyclic) bond motifs is 1. The minimum Gasteiger partial charge on any atom is -0.372 e. The van der Waals surface area contributed by atoms with E-state index in [1.165, 1.54) is 18.7 Å². The topological polar surface area (TPSA) is 80.1 Å². The lowest BCUT2D eigenvalue weighted by Gasteiger charge is -1.97. The Bertz CT molecular complexity index is 823. The number of benzene rings is 1. The van der Waals surface area contributed by atoms with E-state index in [1.54, 1.807) is 18.2 Å². The summed E-state index contributed by atoms with van der Waals surface area (Å²) in [5, 5.41) is 0.314. The van der Waals surface area contributed by atoms with Crippen LogP contribution in [0.1, 0.15) is 18.9 Å². The van der Waals surface area contributed by atoms with Gasteiger partial charge in [0.1, 0.15) is 0 Å². The van der Waals surface area contributed by atoms with Crippen molar-refractivity contribution in [1.82, 2.24) is 4.98 Å². The monoisotopic (exact) mass is 289 g/mol. The molecule has 1 N–H and O–H groups in total. The fourth-order valence-electron chi connectivity index (χ4n) is 1.65. The maximum absolute atomic E-state index is 11.7. The van der Waals surface area contributed by atoms with Crippen LogP contribution in [0.15, 0.2) is 32.2 Å². The van der Waals surface area contributed by atoms with Crippen LogP contribution in [0.25, 0.3) is 10.9 Å². The highest BCUT2D eigenvalue weighted by atomic mass is 32.2. The predicted molar refractivity (Wildman–Crippen MR) is 77.7 cm³/mol. The fourth-order valence-corrected chi connectivity index (χ4v) is 2.15. The Hall–Kier alpha value is -2.26. The number of carbonyl (C=O) groups excluding carboxylic acids is 1. The molecule has 0 spiro atoms. The molecule has 2 aromatic rings. The van der Waals surface area contributed by atoms with Gasteiger partial charge >= 0.3 is 11.4 Å². The Morgan fingerprint density at radius 2 is 2.20 bits per heavy atom. The number of nitrogens with one attached hydrogen (secondary N) is 1. The molecule has 0 aliphatic rings. The first kappa shape index (κ1) is 14.2. The lowest BCUT2D eigenvalue weighted by atomic mass is 10.1. The first-order chi connectivity index (χ1) is 9.58. The Kier molecular flexibility index (Phi) is 4.43. The predicted octanol–water partition coefficient (Wildman–Crippen LogP) is 1.50. The third kappa shape index (κ3) is 3.39. The molecule has 0 saturated heterocycles. The SMILES string of the molecule is CC(=O)SCCC#Cc1cccc2[nH]c(=O)oc(=O)c12. The summed E-state index contributed by atoms with van der Waals surface area (Å²) in [6.07, 6.45) is 0.537. The van der Waals surface area contributed by atoms with Crippen molar-refractivity contribution in [3.8, 4) is 11.8 Å².